The lowest BCUT2D eigenvalue weighted by molar-refractivity contribution is -0.165. The molecule has 0 spiro atoms. The predicted octanol–water partition coefficient (Wildman–Crippen LogP) is 3.73. The third kappa shape index (κ3) is 3.47. The molecule has 7 atom stereocenters. The van der Waals surface area contributed by atoms with Gasteiger partial charge in [-0.05, 0) is 67.6 Å². The second kappa shape index (κ2) is 7.10. The number of ether oxygens (including phenoxy) is 1. The zero-order valence-corrected chi connectivity index (χ0v) is 16.6. The Balaban J connectivity index is 1.88. The van der Waals surface area contributed by atoms with Crippen molar-refractivity contribution in [3.05, 3.63) is 0 Å². The van der Waals surface area contributed by atoms with Gasteiger partial charge in [-0.3, -0.25) is 14.4 Å². The number of carboxylic acids is 2. The molecule has 7 unspecified atom stereocenters. The van der Waals surface area contributed by atoms with Crippen molar-refractivity contribution >= 4 is 17.9 Å². The summed E-state index contributed by atoms with van der Waals surface area (Å²) in [6.45, 7) is 5.70. The van der Waals surface area contributed by atoms with Gasteiger partial charge in [-0.15, -0.1) is 0 Å². The second-order valence-electron chi connectivity index (χ2n) is 9.55. The first kappa shape index (κ1) is 20.2. The largest absolute Gasteiger partial charge is 0.481 e. The van der Waals surface area contributed by atoms with Crippen molar-refractivity contribution in [1.82, 2.24) is 0 Å². The number of carbonyl (C=O) groups is 3. The van der Waals surface area contributed by atoms with Gasteiger partial charge in [0.25, 0.3) is 0 Å². The molecule has 0 aromatic heterocycles. The molecule has 152 valence electrons. The molecular weight excluding hydrogens is 348 g/mol. The zero-order chi connectivity index (χ0) is 20.0. The summed E-state index contributed by atoms with van der Waals surface area (Å²) in [4.78, 5) is 34.5. The van der Waals surface area contributed by atoms with Crippen LogP contribution in [0.4, 0.5) is 0 Å². The fourth-order valence-corrected chi connectivity index (χ4v) is 7.03. The van der Waals surface area contributed by atoms with Crippen LogP contribution in [-0.4, -0.2) is 34.2 Å². The number of carbonyl (C=O) groups excluding carboxylic acids is 1. The molecule has 2 N–H and O–H groups in total. The molecule has 3 fully saturated rings. The smallest absolute Gasteiger partial charge is 0.303 e. The first-order valence-corrected chi connectivity index (χ1v) is 10.2. The fraction of sp³-hybridized carbons (Fsp3) is 0.857. The van der Waals surface area contributed by atoms with Crippen molar-refractivity contribution in [2.24, 2.45) is 34.5 Å². The van der Waals surface area contributed by atoms with Crippen molar-refractivity contribution in [3.8, 4) is 0 Å². The summed E-state index contributed by atoms with van der Waals surface area (Å²) in [5, 5.41) is 18.9. The van der Waals surface area contributed by atoms with Crippen LogP contribution in [0.25, 0.3) is 0 Å². The van der Waals surface area contributed by atoms with E-state index in [1.165, 1.54) is 6.92 Å². The maximum absolute atomic E-state index is 11.6. The van der Waals surface area contributed by atoms with Crippen LogP contribution in [-0.2, 0) is 19.1 Å². The van der Waals surface area contributed by atoms with Gasteiger partial charge in [-0.25, -0.2) is 0 Å². The zero-order valence-electron chi connectivity index (χ0n) is 16.6. The quantitative estimate of drug-likeness (QED) is 0.705. The Labute approximate surface area is 160 Å². The minimum Gasteiger partial charge on any atom is -0.481 e. The van der Waals surface area contributed by atoms with E-state index in [-0.39, 0.29) is 42.2 Å². The van der Waals surface area contributed by atoms with Gasteiger partial charge in [0.1, 0.15) is 6.10 Å². The first-order valence-electron chi connectivity index (χ1n) is 10.2. The molecule has 0 amide bonds. The number of rotatable bonds is 5. The highest BCUT2D eigenvalue weighted by atomic mass is 16.5. The van der Waals surface area contributed by atoms with Crippen LogP contribution in [0.5, 0.6) is 0 Å². The van der Waals surface area contributed by atoms with Crippen LogP contribution in [0.3, 0.4) is 0 Å². The van der Waals surface area contributed by atoms with Crippen LogP contribution in [0, 0.1) is 34.5 Å². The summed E-state index contributed by atoms with van der Waals surface area (Å²) in [6.07, 6.45) is 5.41. The Kier molecular flexibility index (Phi) is 5.30. The van der Waals surface area contributed by atoms with Crippen LogP contribution in [0.15, 0.2) is 0 Å². The maximum Gasteiger partial charge on any atom is 0.303 e. The molecule has 0 heterocycles. The van der Waals surface area contributed by atoms with Crippen LogP contribution in [0.1, 0.15) is 72.1 Å². The first-order chi connectivity index (χ1) is 12.6. The number of fused-ring (bicyclic) bond motifs is 3. The third-order valence-corrected chi connectivity index (χ3v) is 8.24. The minimum atomic E-state index is -0.842. The molecule has 6 nitrogen and oxygen atoms in total. The molecular formula is C21H32O6. The standard InChI is InChI=1S/C21H32O6/c1-12(22)27-17-7-6-15-14-5-4-13(10-18(23)24)21(3,11-19(25)26)16(14)8-9-20(15,17)2/h13-17H,4-11H2,1-3H3,(H,23,24)(H,25,26). The molecule has 3 aliphatic rings. The molecule has 27 heavy (non-hydrogen) atoms. The van der Waals surface area contributed by atoms with Gasteiger partial charge < -0.3 is 14.9 Å². The van der Waals surface area contributed by atoms with E-state index >= 15 is 0 Å². The molecule has 0 aromatic carbocycles. The van der Waals surface area contributed by atoms with Gasteiger partial charge >= 0.3 is 17.9 Å². The van der Waals surface area contributed by atoms with Crippen LogP contribution < -0.4 is 0 Å². The molecule has 6 heteroatoms. The molecule has 0 aromatic rings. The molecule has 0 radical (unpaired) electrons. The predicted molar refractivity (Wildman–Crippen MR) is 97.9 cm³/mol. The van der Waals surface area contributed by atoms with Gasteiger partial charge in [0.2, 0.25) is 0 Å². The Bertz CT molecular complexity index is 630. The summed E-state index contributed by atoms with van der Waals surface area (Å²) in [5.41, 5.74) is -0.537. The van der Waals surface area contributed by atoms with Crippen LogP contribution in [0.2, 0.25) is 0 Å². The van der Waals surface area contributed by atoms with E-state index in [1.807, 2.05) is 6.92 Å². The van der Waals surface area contributed by atoms with Gasteiger partial charge in [0.15, 0.2) is 0 Å². The van der Waals surface area contributed by atoms with E-state index in [0.29, 0.717) is 11.8 Å². The number of carboxylic acid groups (broad SMARTS) is 2. The van der Waals surface area contributed by atoms with E-state index in [9.17, 15) is 24.6 Å². The number of hydrogen-bond acceptors (Lipinski definition) is 4. The summed E-state index contributed by atoms with van der Waals surface area (Å²) in [5.74, 6) is -0.983. The van der Waals surface area contributed by atoms with Gasteiger partial charge in [-0.1, -0.05) is 13.8 Å². The normalized spacial score (nSPS) is 43.4. The lowest BCUT2D eigenvalue weighted by Gasteiger charge is -2.58. The van der Waals surface area contributed by atoms with E-state index in [2.05, 4.69) is 6.92 Å². The molecule has 3 saturated carbocycles. The van der Waals surface area contributed by atoms with Gasteiger partial charge in [-0.2, -0.15) is 0 Å². The van der Waals surface area contributed by atoms with E-state index < -0.39 is 17.4 Å². The number of aliphatic carboxylic acids is 2. The van der Waals surface area contributed by atoms with Crippen molar-refractivity contribution in [2.45, 2.75) is 78.2 Å². The highest BCUT2D eigenvalue weighted by Gasteiger charge is 2.60. The highest BCUT2D eigenvalue weighted by molar-refractivity contribution is 5.69. The van der Waals surface area contributed by atoms with Crippen molar-refractivity contribution in [3.63, 3.8) is 0 Å². The summed E-state index contributed by atoms with van der Waals surface area (Å²) in [7, 11) is 0. The Morgan fingerprint density at radius 2 is 1.67 bits per heavy atom. The summed E-state index contributed by atoms with van der Waals surface area (Å²) in [6, 6.07) is 0. The molecule has 0 aliphatic heterocycles. The molecule has 3 rings (SSSR count). The molecule has 3 aliphatic carbocycles. The lowest BCUT2D eigenvalue weighted by atomic mass is 9.46. The second-order valence-corrected chi connectivity index (χ2v) is 9.55. The maximum atomic E-state index is 11.6. The van der Waals surface area contributed by atoms with Crippen molar-refractivity contribution in [2.75, 3.05) is 0 Å². The lowest BCUT2D eigenvalue weighted by Crippen LogP contribution is -2.53. The number of hydrogen-bond donors (Lipinski definition) is 2. The van der Waals surface area contributed by atoms with Crippen molar-refractivity contribution < 1.29 is 29.3 Å². The topological polar surface area (TPSA) is 101 Å². The third-order valence-electron chi connectivity index (χ3n) is 8.24. The molecule has 0 saturated heterocycles. The van der Waals surface area contributed by atoms with E-state index in [4.69, 9.17) is 4.74 Å². The molecule has 0 bridgehead atoms. The van der Waals surface area contributed by atoms with Gasteiger partial charge in [0.05, 0.1) is 6.42 Å². The Morgan fingerprint density at radius 3 is 2.26 bits per heavy atom. The average molecular weight is 380 g/mol. The summed E-state index contributed by atoms with van der Waals surface area (Å²) < 4.78 is 5.64. The fourth-order valence-electron chi connectivity index (χ4n) is 7.03. The average Bonchev–Trinajstić information content (AvgIpc) is 2.85. The van der Waals surface area contributed by atoms with Crippen molar-refractivity contribution in [1.29, 1.82) is 0 Å². The van der Waals surface area contributed by atoms with E-state index in [0.717, 1.165) is 38.5 Å². The Morgan fingerprint density at radius 1 is 0.963 bits per heavy atom. The van der Waals surface area contributed by atoms with E-state index in [1.54, 1.807) is 0 Å². The van der Waals surface area contributed by atoms with Crippen LogP contribution >= 0.6 is 0 Å². The SMILES string of the molecule is CC(=O)OC1CCC2C3CCC(CC(=O)O)C(C)(CC(=O)O)C3CCC12C. The highest BCUT2D eigenvalue weighted by Crippen LogP contribution is 2.65. The number of esters is 1. The summed E-state index contributed by atoms with van der Waals surface area (Å²) >= 11 is 0. The van der Waals surface area contributed by atoms with Gasteiger partial charge in [0, 0.05) is 18.8 Å². The monoisotopic (exact) mass is 380 g/mol. The Hall–Kier alpha value is -1.59. The minimum absolute atomic E-state index is 0.0307.